The monoisotopic (exact) mass is 501 g/mol. The van der Waals surface area contributed by atoms with Gasteiger partial charge in [0, 0.05) is 28.1 Å². The van der Waals surface area contributed by atoms with E-state index in [-0.39, 0.29) is 0 Å². The van der Waals surface area contributed by atoms with Gasteiger partial charge in [-0.05, 0) is 59.0 Å². The van der Waals surface area contributed by atoms with Crippen molar-refractivity contribution in [3.05, 3.63) is 145 Å². The molecular formula is C37H29N2+. The van der Waals surface area contributed by atoms with E-state index in [1.165, 1.54) is 66.6 Å². The molecule has 39 heavy (non-hydrogen) atoms. The van der Waals surface area contributed by atoms with E-state index in [2.05, 4.69) is 163 Å². The van der Waals surface area contributed by atoms with E-state index in [4.69, 9.17) is 0 Å². The molecule has 0 aliphatic rings. The summed E-state index contributed by atoms with van der Waals surface area (Å²) in [6, 6.07) is 47.9. The van der Waals surface area contributed by atoms with Crippen LogP contribution < -0.4 is 4.57 Å². The number of pyridine rings is 1. The van der Waals surface area contributed by atoms with Gasteiger partial charge < -0.3 is 4.57 Å². The number of aryl methyl sites for hydroxylation is 2. The molecule has 0 saturated heterocycles. The second-order valence-electron chi connectivity index (χ2n) is 10.2. The van der Waals surface area contributed by atoms with Crippen molar-refractivity contribution >= 4 is 21.8 Å². The van der Waals surface area contributed by atoms with Crippen LogP contribution in [0.1, 0.15) is 5.56 Å². The van der Waals surface area contributed by atoms with E-state index in [1.54, 1.807) is 0 Å². The van der Waals surface area contributed by atoms with E-state index < -0.39 is 0 Å². The molecule has 0 bridgehead atoms. The molecule has 0 unspecified atom stereocenters. The molecule has 5 aromatic carbocycles. The third kappa shape index (κ3) is 4.02. The number of aromatic nitrogens is 2. The van der Waals surface area contributed by atoms with Crippen LogP contribution >= 0.6 is 0 Å². The fourth-order valence-corrected chi connectivity index (χ4v) is 5.80. The predicted octanol–water partition coefficient (Wildman–Crippen LogP) is 8.92. The van der Waals surface area contributed by atoms with Crippen molar-refractivity contribution in [2.24, 2.45) is 7.05 Å². The Bertz CT molecular complexity index is 1950. The van der Waals surface area contributed by atoms with Crippen LogP contribution in [0.3, 0.4) is 0 Å². The summed E-state index contributed by atoms with van der Waals surface area (Å²) in [6.45, 7) is 2.21. The molecular weight excluding hydrogens is 472 g/mol. The van der Waals surface area contributed by atoms with Crippen molar-refractivity contribution in [2.45, 2.75) is 6.92 Å². The van der Waals surface area contributed by atoms with Crippen molar-refractivity contribution in [3.63, 3.8) is 0 Å². The van der Waals surface area contributed by atoms with Gasteiger partial charge in [-0.25, -0.2) is 0 Å². The molecule has 186 valence electrons. The van der Waals surface area contributed by atoms with E-state index >= 15 is 0 Å². The number of rotatable bonds is 4. The van der Waals surface area contributed by atoms with Crippen LogP contribution in [0.15, 0.2) is 140 Å². The Kier molecular flexibility index (Phi) is 5.60. The molecule has 0 atom stereocenters. The minimum Gasteiger partial charge on any atom is -0.304 e. The molecule has 2 aromatic heterocycles. The van der Waals surface area contributed by atoms with Gasteiger partial charge in [-0.1, -0.05) is 103 Å². The Morgan fingerprint density at radius 1 is 0.513 bits per heavy atom. The minimum absolute atomic E-state index is 1.17. The van der Waals surface area contributed by atoms with Gasteiger partial charge in [0.1, 0.15) is 12.6 Å². The predicted molar refractivity (Wildman–Crippen MR) is 163 cm³/mol. The molecule has 0 saturated carbocycles. The highest BCUT2D eigenvalue weighted by Gasteiger charge is 2.21. The normalized spacial score (nSPS) is 11.3. The van der Waals surface area contributed by atoms with Gasteiger partial charge in [-0.15, -0.1) is 0 Å². The molecule has 0 aliphatic carbocycles. The third-order valence-corrected chi connectivity index (χ3v) is 7.75. The quantitative estimate of drug-likeness (QED) is 0.213. The summed E-state index contributed by atoms with van der Waals surface area (Å²) in [4.78, 5) is 0. The van der Waals surface area contributed by atoms with Gasteiger partial charge in [-0.2, -0.15) is 4.57 Å². The molecule has 0 amide bonds. The minimum atomic E-state index is 1.17. The highest BCUT2D eigenvalue weighted by Crippen LogP contribution is 2.36. The molecule has 0 fully saturated rings. The second kappa shape index (κ2) is 9.41. The largest absolute Gasteiger partial charge is 0.304 e. The molecule has 0 aliphatic heterocycles. The molecule has 0 N–H and O–H groups in total. The lowest BCUT2D eigenvalue weighted by Gasteiger charge is -2.10. The van der Waals surface area contributed by atoms with Crippen LogP contribution in [-0.4, -0.2) is 4.57 Å². The lowest BCUT2D eigenvalue weighted by Crippen LogP contribution is -2.30. The van der Waals surface area contributed by atoms with Gasteiger partial charge in [-0.3, -0.25) is 0 Å². The van der Waals surface area contributed by atoms with Gasteiger partial charge in [0.25, 0.3) is 0 Å². The molecule has 2 heterocycles. The van der Waals surface area contributed by atoms with Gasteiger partial charge in [0.05, 0.1) is 5.52 Å². The molecule has 0 spiro atoms. The maximum Gasteiger partial charge on any atom is 0.213 e. The number of hydrogen-bond acceptors (Lipinski definition) is 0. The standard InChI is InChI=1S/C37H29N2/c1-26-22-29(27-12-6-3-7-13-27)18-20-32(26)35-24-34-33-21-19-30(28-14-8-4-9-15-28)23-36(33)39(37(34)25-38(35)2)31-16-10-5-11-17-31/h3-25H,1-2H3/q+1. The van der Waals surface area contributed by atoms with Crippen molar-refractivity contribution in [1.29, 1.82) is 0 Å². The molecule has 2 heteroatoms. The van der Waals surface area contributed by atoms with Gasteiger partial charge in [0.2, 0.25) is 5.69 Å². The van der Waals surface area contributed by atoms with Crippen molar-refractivity contribution in [3.8, 4) is 39.2 Å². The zero-order valence-corrected chi connectivity index (χ0v) is 22.2. The Balaban J connectivity index is 1.46. The van der Waals surface area contributed by atoms with Crippen LogP contribution in [0.4, 0.5) is 0 Å². The Morgan fingerprint density at radius 3 is 1.74 bits per heavy atom. The first kappa shape index (κ1) is 23.2. The van der Waals surface area contributed by atoms with Crippen LogP contribution in [0.2, 0.25) is 0 Å². The fraction of sp³-hybridized carbons (Fsp3) is 0.0541. The van der Waals surface area contributed by atoms with Crippen molar-refractivity contribution < 1.29 is 4.57 Å². The van der Waals surface area contributed by atoms with E-state index in [0.717, 1.165) is 0 Å². The van der Waals surface area contributed by atoms with Gasteiger partial charge in [0.15, 0.2) is 6.20 Å². The first-order valence-corrected chi connectivity index (χ1v) is 13.4. The Morgan fingerprint density at radius 2 is 1.10 bits per heavy atom. The highest BCUT2D eigenvalue weighted by atomic mass is 15.0. The smallest absolute Gasteiger partial charge is 0.213 e. The fourth-order valence-electron chi connectivity index (χ4n) is 5.80. The van der Waals surface area contributed by atoms with E-state index in [9.17, 15) is 0 Å². The maximum atomic E-state index is 2.40. The number of hydrogen-bond donors (Lipinski definition) is 0. The molecule has 7 rings (SSSR count). The second-order valence-corrected chi connectivity index (χ2v) is 10.2. The number of benzene rings is 5. The summed E-state index contributed by atoms with van der Waals surface area (Å²) < 4.78 is 4.66. The van der Waals surface area contributed by atoms with E-state index in [0.29, 0.717) is 0 Å². The Labute approximate surface area is 229 Å². The van der Waals surface area contributed by atoms with Crippen LogP contribution in [0, 0.1) is 6.92 Å². The molecule has 0 radical (unpaired) electrons. The summed E-state index contributed by atoms with van der Waals surface area (Å²) in [7, 11) is 2.15. The maximum absolute atomic E-state index is 2.40. The molecule has 2 nitrogen and oxygen atoms in total. The highest BCUT2D eigenvalue weighted by molar-refractivity contribution is 6.10. The average Bonchev–Trinajstić information content (AvgIpc) is 3.30. The third-order valence-electron chi connectivity index (χ3n) is 7.75. The van der Waals surface area contributed by atoms with Crippen LogP contribution in [0.25, 0.3) is 61.0 Å². The summed E-state index contributed by atoms with van der Waals surface area (Å²) in [5.41, 5.74) is 12.2. The average molecular weight is 502 g/mol. The van der Waals surface area contributed by atoms with Gasteiger partial charge >= 0.3 is 0 Å². The first-order valence-electron chi connectivity index (χ1n) is 13.4. The zero-order valence-electron chi connectivity index (χ0n) is 22.2. The molecule has 7 aromatic rings. The lowest BCUT2D eigenvalue weighted by atomic mass is 9.97. The first-order chi connectivity index (χ1) is 19.2. The Hall–Kier alpha value is -4.95. The number of fused-ring (bicyclic) bond motifs is 3. The SMILES string of the molecule is Cc1cc(-c2ccccc2)ccc1-c1cc2c3ccc(-c4ccccc4)cc3n(-c3ccccc3)c2c[n+]1C. The van der Waals surface area contributed by atoms with Crippen molar-refractivity contribution in [1.82, 2.24) is 4.57 Å². The lowest BCUT2D eigenvalue weighted by molar-refractivity contribution is -0.659. The van der Waals surface area contributed by atoms with E-state index in [1.807, 2.05) is 0 Å². The number of para-hydroxylation sites is 1. The van der Waals surface area contributed by atoms with Crippen LogP contribution in [0.5, 0.6) is 0 Å². The topological polar surface area (TPSA) is 8.81 Å². The zero-order chi connectivity index (χ0) is 26.3. The van der Waals surface area contributed by atoms with Crippen molar-refractivity contribution in [2.75, 3.05) is 0 Å². The van der Waals surface area contributed by atoms with Crippen LogP contribution in [-0.2, 0) is 7.05 Å². The summed E-state index contributed by atoms with van der Waals surface area (Å²) in [5, 5.41) is 2.52. The summed E-state index contributed by atoms with van der Waals surface area (Å²) >= 11 is 0. The number of nitrogens with zero attached hydrogens (tertiary/aromatic N) is 2. The summed E-state index contributed by atoms with van der Waals surface area (Å²) in [6.07, 6.45) is 2.28. The summed E-state index contributed by atoms with van der Waals surface area (Å²) in [5.74, 6) is 0.